The second-order valence-electron chi connectivity index (χ2n) is 8.20. The molecule has 1 saturated carbocycles. The minimum Gasteiger partial charge on any atom is -0.440 e. The van der Waals surface area contributed by atoms with Gasteiger partial charge in [0.2, 0.25) is 10.0 Å². The third-order valence-electron chi connectivity index (χ3n) is 5.71. The third-order valence-corrected chi connectivity index (χ3v) is 8.67. The van der Waals surface area contributed by atoms with Crippen LogP contribution in [0.25, 0.3) is 22.6 Å². The van der Waals surface area contributed by atoms with Crippen molar-refractivity contribution in [2.24, 2.45) is 5.14 Å². The molecule has 0 aliphatic heterocycles. The minimum atomic E-state index is -3.80. The molecule has 2 unspecified atom stereocenters. The smallest absolute Gasteiger partial charge is 0.238 e. The number of thioether (sulfide) groups is 1. The van der Waals surface area contributed by atoms with Crippen molar-refractivity contribution in [3.8, 4) is 22.6 Å². The van der Waals surface area contributed by atoms with Gasteiger partial charge in [-0.25, -0.2) is 23.6 Å². The number of primary sulfonamides is 1. The van der Waals surface area contributed by atoms with Crippen molar-refractivity contribution < 1.29 is 18.0 Å². The number of hydroxylamine groups is 2. The first kappa shape index (κ1) is 25.2. The van der Waals surface area contributed by atoms with Gasteiger partial charge in [-0.05, 0) is 55.7 Å². The Hall–Kier alpha value is -1.95. The molecule has 3 N–H and O–H groups in total. The summed E-state index contributed by atoms with van der Waals surface area (Å²) in [5.41, 5.74) is 2.16. The van der Waals surface area contributed by atoms with Crippen molar-refractivity contribution in [2.75, 3.05) is 7.05 Å². The molecule has 180 valence electrons. The van der Waals surface area contributed by atoms with E-state index in [0.717, 1.165) is 41.9 Å². The molecule has 0 radical (unpaired) electrons. The molecule has 34 heavy (non-hydrogen) atoms. The Morgan fingerprint density at radius 1 is 1.18 bits per heavy atom. The maximum absolute atomic E-state index is 11.7. The van der Waals surface area contributed by atoms with E-state index in [1.807, 2.05) is 12.1 Å². The maximum Gasteiger partial charge on any atom is 0.238 e. The highest BCUT2D eigenvalue weighted by Crippen LogP contribution is 2.42. The van der Waals surface area contributed by atoms with E-state index in [2.05, 4.69) is 0 Å². The molecule has 2 aromatic carbocycles. The number of hydrogen-bond donors (Lipinski definition) is 2. The van der Waals surface area contributed by atoms with Gasteiger partial charge in [0, 0.05) is 34.4 Å². The highest BCUT2D eigenvalue weighted by atomic mass is 35.5. The lowest BCUT2D eigenvalue weighted by molar-refractivity contribution is 0.0204. The zero-order valence-electron chi connectivity index (χ0n) is 18.3. The average molecular weight is 538 g/mol. The molecule has 1 aromatic heterocycles. The number of aromatic nitrogens is 1. The van der Waals surface area contributed by atoms with Crippen LogP contribution in [0.5, 0.6) is 0 Å². The van der Waals surface area contributed by atoms with Crippen molar-refractivity contribution in [1.29, 1.82) is 0 Å². The Morgan fingerprint density at radius 2 is 1.82 bits per heavy atom. The molecule has 1 heterocycles. The van der Waals surface area contributed by atoms with Gasteiger partial charge in [0.25, 0.3) is 0 Å². The summed E-state index contributed by atoms with van der Waals surface area (Å²) in [6.07, 6.45) is 3.76. The normalized spacial score (nSPS) is 18.6. The quantitative estimate of drug-likeness (QED) is 0.316. The summed E-state index contributed by atoms with van der Waals surface area (Å²) in [5, 5.41) is 16.7. The summed E-state index contributed by atoms with van der Waals surface area (Å²) in [6, 6.07) is 13.6. The number of rotatable bonds is 5. The van der Waals surface area contributed by atoms with Crippen LogP contribution in [0.15, 0.2) is 57.8 Å². The fourth-order valence-corrected chi connectivity index (χ4v) is 6.10. The molecular formula is C23H24ClN3O4S3. The minimum absolute atomic E-state index is 0.0324. The number of benzene rings is 2. The third kappa shape index (κ3) is 5.81. The van der Waals surface area contributed by atoms with E-state index < -0.39 is 10.0 Å². The standard InChI is InChI=1S/C23H24ClN3O4S3/c1-27(28)23(32)33-18-4-2-3-16(13-18)22-26-20(14-7-11-19(12-8-14)34(25,29)30)21(31-22)15-5-9-17(24)10-6-15/h5-12,16,18,28H,2-4,13H2,1H3,(H2,25,29,30). The maximum atomic E-state index is 11.7. The summed E-state index contributed by atoms with van der Waals surface area (Å²) in [7, 11) is -2.27. The van der Waals surface area contributed by atoms with E-state index in [9.17, 15) is 13.6 Å². The van der Waals surface area contributed by atoms with Crippen LogP contribution in [0.3, 0.4) is 0 Å². The molecule has 1 fully saturated rings. The van der Waals surface area contributed by atoms with Gasteiger partial charge >= 0.3 is 0 Å². The Morgan fingerprint density at radius 3 is 2.44 bits per heavy atom. The number of halogens is 1. The molecule has 1 aliphatic rings. The predicted octanol–water partition coefficient (Wildman–Crippen LogP) is 5.67. The van der Waals surface area contributed by atoms with E-state index in [1.165, 1.54) is 30.9 Å². The number of hydrogen-bond acceptors (Lipinski definition) is 7. The van der Waals surface area contributed by atoms with E-state index in [4.69, 9.17) is 38.4 Å². The zero-order valence-corrected chi connectivity index (χ0v) is 21.6. The van der Waals surface area contributed by atoms with Crippen molar-refractivity contribution >= 4 is 49.9 Å². The van der Waals surface area contributed by atoms with Crippen molar-refractivity contribution in [3.05, 3.63) is 59.4 Å². The average Bonchev–Trinajstić information content (AvgIpc) is 3.25. The van der Waals surface area contributed by atoms with E-state index >= 15 is 0 Å². The predicted molar refractivity (Wildman–Crippen MR) is 138 cm³/mol. The summed E-state index contributed by atoms with van der Waals surface area (Å²) in [5.74, 6) is 1.32. The highest BCUT2D eigenvalue weighted by Gasteiger charge is 2.30. The van der Waals surface area contributed by atoms with Crippen LogP contribution in [0.1, 0.15) is 37.5 Å². The van der Waals surface area contributed by atoms with Crippen LogP contribution in [-0.2, 0) is 10.0 Å². The molecule has 0 spiro atoms. The number of thiocarbonyl (C=S) groups is 1. The van der Waals surface area contributed by atoms with Gasteiger partial charge in [-0.15, -0.1) is 0 Å². The monoisotopic (exact) mass is 537 g/mol. The van der Waals surface area contributed by atoms with Crippen LogP contribution in [0.2, 0.25) is 5.02 Å². The van der Waals surface area contributed by atoms with Gasteiger partial charge in [-0.1, -0.05) is 54.1 Å². The first-order chi connectivity index (χ1) is 16.1. The second-order valence-corrected chi connectivity index (χ2v) is 12.1. The van der Waals surface area contributed by atoms with Gasteiger partial charge in [0.05, 0.1) is 4.90 Å². The molecule has 11 heteroatoms. The van der Waals surface area contributed by atoms with Crippen LogP contribution in [0.4, 0.5) is 0 Å². The highest BCUT2D eigenvalue weighted by molar-refractivity contribution is 8.23. The number of sulfonamides is 1. The van der Waals surface area contributed by atoms with Crippen molar-refractivity contribution in [2.45, 2.75) is 41.7 Å². The Balaban J connectivity index is 1.69. The van der Waals surface area contributed by atoms with Crippen molar-refractivity contribution in [1.82, 2.24) is 10.0 Å². The zero-order chi connectivity index (χ0) is 24.5. The summed E-state index contributed by atoms with van der Waals surface area (Å²) in [4.78, 5) is 4.89. The lowest BCUT2D eigenvalue weighted by Crippen LogP contribution is -2.23. The topological polar surface area (TPSA) is 110 Å². The van der Waals surface area contributed by atoms with Crippen LogP contribution in [-0.4, -0.2) is 40.3 Å². The molecule has 3 aromatic rings. The van der Waals surface area contributed by atoms with E-state index in [-0.39, 0.29) is 16.1 Å². The molecular weight excluding hydrogens is 514 g/mol. The number of nitrogens with two attached hydrogens (primary N) is 1. The van der Waals surface area contributed by atoms with Crippen LogP contribution < -0.4 is 5.14 Å². The Bertz CT molecular complexity index is 1280. The van der Waals surface area contributed by atoms with Gasteiger partial charge in [0.1, 0.15) is 5.69 Å². The first-order valence-corrected chi connectivity index (χ1v) is 13.9. The molecule has 4 rings (SSSR count). The largest absolute Gasteiger partial charge is 0.440 e. The number of nitrogens with zero attached hydrogens (tertiary/aromatic N) is 2. The fourth-order valence-electron chi connectivity index (χ4n) is 4.00. The fraction of sp³-hybridized carbons (Fsp3) is 0.304. The lowest BCUT2D eigenvalue weighted by atomic mass is 9.89. The summed E-state index contributed by atoms with van der Waals surface area (Å²) >= 11 is 12.8. The van der Waals surface area contributed by atoms with E-state index in [0.29, 0.717) is 26.7 Å². The molecule has 1 aliphatic carbocycles. The second kappa shape index (κ2) is 10.3. The van der Waals surface area contributed by atoms with Crippen LogP contribution >= 0.6 is 35.6 Å². The molecule has 0 bridgehead atoms. The first-order valence-electron chi connectivity index (χ1n) is 10.6. The van der Waals surface area contributed by atoms with Crippen LogP contribution in [0, 0.1) is 0 Å². The molecule has 7 nitrogen and oxygen atoms in total. The molecule has 0 saturated heterocycles. The van der Waals surface area contributed by atoms with Crippen molar-refractivity contribution in [3.63, 3.8) is 0 Å². The summed E-state index contributed by atoms with van der Waals surface area (Å²) < 4.78 is 30.1. The van der Waals surface area contributed by atoms with Gasteiger partial charge in [-0.2, -0.15) is 0 Å². The lowest BCUT2D eigenvalue weighted by Gasteiger charge is -2.27. The molecule has 0 amide bonds. The Kier molecular flexibility index (Phi) is 7.66. The number of oxazole rings is 1. The van der Waals surface area contributed by atoms with Gasteiger partial charge in [0.15, 0.2) is 16.0 Å². The van der Waals surface area contributed by atoms with Gasteiger partial charge in [-0.3, -0.25) is 5.21 Å². The Labute approximate surface area is 213 Å². The van der Waals surface area contributed by atoms with Gasteiger partial charge < -0.3 is 4.42 Å². The molecule has 2 atom stereocenters. The summed E-state index contributed by atoms with van der Waals surface area (Å²) in [6.45, 7) is 0. The van der Waals surface area contributed by atoms with E-state index in [1.54, 1.807) is 24.3 Å². The SMILES string of the molecule is CN(O)C(=S)SC1CCCC(c2nc(-c3ccc(S(N)(=O)=O)cc3)c(-c3ccc(Cl)cc3)o2)C1.